The number of amides is 4. The molecule has 1 aromatic heterocycles. The minimum atomic E-state index is -0.815. The average Bonchev–Trinajstić information content (AvgIpc) is 3.48. The van der Waals surface area contributed by atoms with Crippen LogP contribution in [0.2, 0.25) is 0 Å². The van der Waals surface area contributed by atoms with Gasteiger partial charge in [0, 0.05) is 19.5 Å². The van der Waals surface area contributed by atoms with E-state index in [1.807, 2.05) is 4.90 Å². The summed E-state index contributed by atoms with van der Waals surface area (Å²) in [6, 6.07) is -1.39. The van der Waals surface area contributed by atoms with E-state index in [0.717, 1.165) is 68.0 Å². The molecule has 2 saturated heterocycles. The van der Waals surface area contributed by atoms with E-state index < -0.39 is 17.6 Å². The van der Waals surface area contributed by atoms with Gasteiger partial charge in [0.25, 0.3) is 5.91 Å². The maximum atomic E-state index is 13.5. The summed E-state index contributed by atoms with van der Waals surface area (Å²) < 4.78 is 2.19. The molecule has 1 saturated carbocycles. The summed E-state index contributed by atoms with van der Waals surface area (Å²) in [6.07, 6.45) is 9.21. The summed E-state index contributed by atoms with van der Waals surface area (Å²) in [4.78, 5) is 42.2. The first-order valence-corrected chi connectivity index (χ1v) is 11.4. The monoisotopic (exact) mass is 414 g/mol. The van der Waals surface area contributed by atoms with Crippen LogP contribution < -0.4 is 5.32 Å². The molecule has 0 aromatic carbocycles. The van der Waals surface area contributed by atoms with Crippen LogP contribution in [0.3, 0.4) is 0 Å². The molecule has 162 valence electrons. The molecule has 1 aliphatic carbocycles. The number of nitrogens with one attached hydrogen (secondary N) is 1. The number of urea groups is 1. The summed E-state index contributed by atoms with van der Waals surface area (Å²) in [6.45, 7) is 3.18. The number of likely N-dealkylation sites (tertiary alicyclic amines) is 1. The zero-order chi connectivity index (χ0) is 20.9. The fourth-order valence-corrected chi connectivity index (χ4v) is 5.71. The molecule has 30 heavy (non-hydrogen) atoms. The smallest absolute Gasteiger partial charge is 0.325 e. The molecule has 1 aromatic rings. The second kappa shape index (κ2) is 7.35. The van der Waals surface area contributed by atoms with Crippen LogP contribution in [0.5, 0.6) is 0 Å². The van der Waals surface area contributed by atoms with Crippen molar-refractivity contribution < 1.29 is 14.4 Å². The zero-order valence-electron chi connectivity index (χ0n) is 17.6. The molecule has 2 unspecified atom stereocenters. The lowest BCUT2D eigenvalue weighted by Crippen LogP contribution is -2.51. The SMILES string of the molecule is CC(C(=O)N1CCCC1c1nnc2n1CCCCC2)N1C(=O)NC2(CCCC2)C1=O. The molecule has 0 bridgehead atoms. The second-order valence-corrected chi connectivity index (χ2v) is 9.20. The highest BCUT2D eigenvalue weighted by Gasteiger charge is 2.55. The van der Waals surface area contributed by atoms with Crippen molar-refractivity contribution in [1.82, 2.24) is 29.9 Å². The summed E-state index contributed by atoms with van der Waals surface area (Å²) >= 11 is 0. The molecule has 0 radical (unpaired) electrons. The van der Waals surface area contributed by atoms with E-state index in [1.165, 1.54) is 6.42 Å². The van der Waals surface area contributed by atoms with Gasteiger partial charge in [-0.1, -0.05) is 19.3 Å². The number of aromatic nitrogens is 3. The maximum Gasteiger partial charge on any atom is 0.325 e. The van der Waals surface area contributed by atoms with Crippen molar-refractivity contribution in [1.29, 1.82) is 0 Å². The van der Waals surface area contributed by atoms with Gasteiger partial charge in [-0.15, -0.1) is 10.2 Å². The molecule has 1 N–H and O–H groups in total. The van der Waals surface area contributed by atoms with E-state index in [4.69, 9.17) is 0 Å². The maximum absolute atomic E-state index is 13.5. The van der Waals surface area contributed by atoms with Crippen LogP contribution in [0.15, 0.2) is 0 Å². The first kappa shape index (κ1) is 19.5. The predicted molar refractivity (Wildman–Crippen MR) is 107 cm³/mol. The van der Waals surface area contributed by atoms with Gasteiger partial charge in [-0.3, -0.25) is 9.59 Å². The standard InChI is InChI=1S/C21H30N6O3/c1-14(27-19(29)21(22-20(27)30)10-4-5-11-21)18(28)25-13-7-8-15(25)17-24-23-16-9-3-2-6-12-26(16)17/h14-15H,2-13H2,1H3,(H,22,30). The fourth-order valence-electron chi connectivity index (χ4n) is 5.71. The summed E-state index contributed by atoms with van der Waals surface area (Å²) in [5.74, 6) is 1.45. The second-order valence-electron chi connectivity index (χ2n) is 9.20. The van der Waals surface area contributed by atoms with Crippen molar-refractivity contribution in [2.24, 2.45) is 0 Å². The first-order valence-electron chi connectivity index (χ1n) is 11.4. The van der Waals surface area contributed by atoms with Crippen LogP contribution in [-0.2, 0) is 22.6 Å². The molecule has 5 rings (SSSR count). The Morgan fingerprint density at radius 1 is 1.07 bits per heavy atom. The number of nitrogens with zero attached hydrogens (tertiary/aromatic N) is 5. The normalized spacial score (nSPS) is 26.8. The predicted octanol–water partition coefficient (Wildman–Crippen LogP) is 1.92. The highest BCUT2D eigenvalue weighted by Crippen LogP contribution is 2.37. The molecule has 1 spiro atoms. The topological polar surface area (TPSA) is 100 Å². The Morgan fingerprint density at radius 3 is 2.67 bits per heavy atom. The van der Waals surface area contributed by atoms with Gasteiger partial charge in [-0.05, 0) is 45.4 Å². The lowest BCUT2D eigenvalue weighted by molar-refractivity contribution is -0.143. The molecular formula is C21H30N6O3. The molecule has 9 nitrogen and oxygen atoms in total. The number of hydrogen-bond donors (Lipinski definition) is 1. The Balaban J connectivity index is 1.37. The number of carbonyl (C=O) groups is 3. The van der Waals surface area contributed by atoms with Crippen LogP contribution in [0.25, 0.3) is 0 Å². The van der Waals surface area contributed by atoms with E-state index in [0.29, 0.717) is 19.4 Å². The Morgan fingerprint density at radius 2 is 1.87 bits per heavy atom. The third-order valence-corrected chi connectivity index (χ3v) is 7.37. The Labute approximate surface area is 176 Å². The average molecular weight is 415 g/mol. The molecule has 4 heterocycles. The lowest BCUT2D eigenvalue weighted by atomic mass is 9.97. The Bertz CT molecular complexity index is 874. The minimum absolute atomic E-state index is 0.138. The van der Waals surface area contributed by atoms with Crippen LogP contribution in [0, 0.1) is 0 Å². The van der Waals surface area contributed by atoms with Gasteiger partial charge >= 0.3 is 6.03 Å². The number of aryl methyl sites for hydroxylation is 1. The van der Waals surface area contributed by atoms with E-state index in [9.17, 15) is 14.4 Å². The van der Waals surface area contributed by atoms with E-state index >= 15 is 0 Å². The van der Waals surface area contributed by atoms with Crippen molar-refractivity contribution in [2.45, 2.75) is 95.3 Å². The van der Waals surface area contributed by atoms with Gasteiger partial charge in [-0.2, -0.15) is 0 Å². The van der Waals surface area contributed by atoms with Gasteiger partial charge in [0.15, 0.2) is 5.82 Å². The van der Waals surface area contributed by atoms with Gasteiger partial charge < -0.3 is 14.8 Å². The Kier molecular flexibility index (Phi) is 4.78. The van der Waals surface area contributed by atoms with Crippen molar-refractivity contribution >= 4 is 17.8 Å². The van der Waals surface area contributed by atoms with Crippen molar-refractivity contribution in [3.8, 4) is 0 Å². The molecule has 4 aliphatic rings. The number of rotatable bonds is 3. The first-order chi connectivity index (χ1) is 14.5. The van der Waals surface area contributed by atoms with Crippen LogP contribution in [0.1, 0.15) is 82.4 Å². The van der Waals surface area contributed by atoms with Gasteiger partial charge in [0.2, 0.25) is 5.91 Å². The zero-order valence-corrected chi connectivity index (χ0v) is 17.6. The van der Waals surface area contributed by atoms with Crippen LogP contribution >= 0.6 is 0 Å². The minimum Gasteiger partial charge on any atom is -0.331 e. The highest BCUT2D eigenvalue weighted by atomic mass is 16.2. The number of hydrogen-bond acceptors (Lipinski definition) is 5. The quantitative estimate of drug-likeness (QED) is 0.762. The fraction of sp³-hybridized carbons (Fsp3) is 0.762. The van der Waals surface area contributed by atoms with Gasteiger partial charge in [0.05, 0.1) is 6.04 Å². The number of imide groups is 1. The number of fused-ring (bicyclic) bond motifs is 1. The van der Waals surface area contributed by atoms with Crippen LogP contribution in [-0.4, -0.2) is 60.5 Å². The summed E-state index contributed by atoms with van der Waals surface area (Å²) in [5.41, 5.74) is -0.791. The molecule has 2 atom stereocenters. The molecule has 4 amide bonds. The summed E-state index contributed by atoms with van der Waals surface area (Å²) in [5, 5.41) is 11.7. The summed E-state index contributed by atoms with van der Waals surface area (Å²) in [7, 11) is 0. The molecular weight excluding hydrogens is 384 g/mol. The third-order valence-electron chi connectivity index (χ3n) is 7.37. The molecule has 9 heteroatoms. The molecule has 3 aliphatic heterocycles. The molecule has 3 fully saturated rings. The van der Waals surface area contributed by atoms with Gasteiger partial charge in [0.1, 0.15) is 17.4 Å². The Hall–Kier alpha value is -2.45. The van der Waals surface area contributed by atoms with E-state index in [-0.39, 0.29) is 17.9 Å². The van der Waals surface area contributed by atoms with Crippen molar-refractivity contribution in [3.63, 3.8) is 0 Å². The van der Waals surface area contributed by atoms with Gasteiger partial charge in [-0.25, -0.2) is 9.69 Å². The third kappa shape index (κ3) is 2.93. The lowest BCUT2D eigenvalue weighted by Gasteiger charge is -2.30. The van der Waals surface area contributed by atoms with Crippen molar-refractivity contribution in [2.75, 3.05) is 6.54 Å². The number of carbonyl (C=O) groups excluding carboxylic acids is 3. The van der Waals surface area contributed by atoms with E-state index in [2.05, 4.69) is 20.1 Å². The van der Waals surface area contributed by atoms with E-state index in [1.54, 1.807) is 6.92 Å². The van der Waals surface area contributed by atoms with Crippen LogP contribution in [0.4, 0.5) is 4.79 Å². The van der Waals surface area contributed by atoms with Crippen molar-refractivity contribution in [3.05, 3.63) is 11.6 Å². The largest absolute Gasteiger partial charge is 0.331 e. The highest BCUT2D eigenvalue weighted by molar-refractivity contribution is 6.10.